The van der Waals surface area contributed by atoms with Gasteiger partial charge in [-0.1, -0.05) is 20.8 Å². The van der Waals surface area contributed by atoms with Gasteiger partial charge in [0.2, 0.25) is 0 Å². The molecule has 0 aromatic heterocycles. The Morgan fingerprint density at radius 3 is 1.28 bits per heavy atom. The Labute approximate surface area is 138 Å². The Morgan fingerprint density at radius 2 is 1.22 bits per heavy atom. The largest absolute Gasteiger partial charge is 0.767 e. The minimum absolute atomic E-state index is 0. The van der Waals surface area contributed by atoms with Gasteiger partial charge in [-0.25, -0.2) is 24.3 Å². The second-order valence-corrected chi connectivity index (χ2v) is 5.33. The third kappa shape index (κ3) is 18.5. The van der Waals surface area contributed by atoms with E-state index in [9.17, 15) is 0 Å². The minimum atomic E-state index is 0. The van der Waals surface area contributed by atoms with Gasteiger partial charge in [-0.3, -0.25) is 0 Å². The van der Waals surface area contributed by atoms with Crippen LogP contribution in [-0.2, 0) is 38.5 Å². The Bertz CT molecular complexity index is 284. The van der Waals surface area contributed by atoms with E-state index in [1.54, 1.807) is 0 Å². The van der Waals surface area contributed by atoms with Crippen LogP contribution in [0.1, 0.15) is 20.8 Å². The first-order valence-corrected chi connectivity index (χ1v) is 7.40. The monoisotopic (exact) mass is 352 g/mol. The molecule has 0 aliphatic carbocycles. The first-order chi connectivity index (χ1) is 8.06. The van der Waals surface area contributed by atoms with Crippen LogP contribution in [0.15, 0.2) is 60.7 Å². The van der Waals surface area contributed by atoms with Crippen LogP contribution in [0.2, 0.25) is 0 Å². The quantitative estimate of drug-likeness (QED) is 0.368. The molecule has 0 radical (unpaired) electrons. The smallest absolute Gasteiger partial charge is 0 e. The van der Waals surface area contributed by atoms with E-state index in [0.29, 0.717) is 0 Å². The van der Waals surface area contributed by atoms with Crippen molar-refractivity contribution in [2.75, 3.05) is 0 Å². The van der Waals surface area contributed by atoms with Gasteiger partial charge in [0.15, 0.2) is 0 Å². The van der Waals surface area contributed by atoms with Crippen LogP contribution in [0, 0.1) is 5.41 Å². The molecule has 0 saturated heterocycles. The zero-order chi connectivity index (χ0) is 13.0. The van der Waals surface area contributed by atoms with Crippen molar-refractivity contribution < 1.29 is 26.2 Å². The summed E-state index contributed by atoms with van der Waals surface area (Å²) in [5, 5.41) is 0. The molecule has 0 spiro atoms. The van der Waals surface area contributed by atoms with Gasteiger partial charge >= 0.3 is 0 Å². The summed E-state index contributed by atoms with van der Waals surface area (Å²) in [6, 6.07) is 20.0. The summed E-state index contributed by atoms with van der Waals surface area (Å²) < 4.78 is 0. The molecule has 0 amide bonds. The first kappa shape index (κ1) is 20.4. The number of rotatable bonds is 0. The topological polar surface area (TPSA) is 0 Å². The average Bonchev–Trinajstić information content (AvgIpc) is 2.96. The van der Waals surface area contributed by atoms with Gasteiger partial charge < -0.3 is 25.5 Å². The minimum Gasteiger partial charge on any atom is -0.767 e. The van der Waals surface area contributed by atoms with Crippen molar-refractivity contribution in [3.8, 4) is 0 Å². The second kappa shape index (κ2) is 13.5. The maximum atomic E-state index is 4.66. The van der Waals surface area contributed by atoms with Crippen LogP contribution in [0.5, 0.6) is 0 Å². The van der Waals surface area contributed by atoms with Gasteiger partial charge in [0.05, 0.1) is 0 Å². The molecule has 0 aliphatic heterocycles. The van der Waals surface area contributed by atoms with Crippen molar-refractivity contribution in [3.63, 3.8) is 0 Å². The SMILES string of the molecule is CC(C)(C)[C-]=P[S-].[Zr].c1cc[cH-]c1.c1cc[cH-]c1. The molecule has 0 N–H and O–H groups in total. The molecular formula is C15H19PSZr-4. The molecular weight excluding hydrogens is 334 g/mol. The fourth-order valence-electron chi connectivity index (χ4n) is 0.778. The van der Waals surface area contributed by atoms with E-state index >= 15 is 0 Å². The van der Waals surface area contributed by atoms with Crippen molar-refractivity contribution in [3.05, 3.63) is 60.7 Å². The van der Waals surface area contributed by atoms with E-state index in [-0.39, 0.29) is 31.6 Å². The van der Waals surface area contributed by atoms with Gasteiger partial charge in [-0.15, -0.1) is 0 Å². The number of hydrogen-bond acceptors (Lipinski definition) is 1. The molecule has 2 aromatic rings. The van der Waals surface area contributed by atoms with Crippen LogP contribution in [0.4, 0.5) is 0 Å². The fourth-order valence-corrected chi connectivity index (χ4v) is 1.87. The van der Waals surface area contributed by atoms with Gasteiger partial charge in [-0.2, -0.15) is 41.8 Å². The summed E-state index contributed by atoms with van der Waals surface area (Å²) in [7, 11) is 0.842. The first-order valence-electron chi connectivity index (χ1n) is 5.49. The predicted molar refractivity (Wildman–Crippen MR) is 82.8 cm³/mol. The molecule has 2 aromatic carbocycles. The molecule has 2 rings (SSSR count). The zero-order valence-electron chi connectivity index (χ0n) is 11.1. The van der Waals surface area contributed by atoms with Crippen molar-refractivity contribution in [1.82, 2.24) is 0 Å². The van der Waals surface area contributed by atoms with Crippen LogP contribution in [0.25, 0.3) is 0 Å². The van der Waals surface area contributed by atoms with E-state index in [2.05, 4.69) is 38.8 Å². The molecule has 3 heteroatoms. The summed E-state index contributed by atoms with van der Waals surface area (Å²) in [5.41, 5.74) is 0.184. The van der Waals surface area contributed by atoms with Gasteiger partial charge in [0.25, 0.3) is 0 Å². The van der Waals surface area contributed by atoms with E-state index in [1.165, 1.54) is 0 Å². The Morgan fingerprint density at radius 1 is 0.889 bits per heavy atom. The standard InChI is InChI=1S/C5H9PS.2C5H5.Zr/c1-5(2,3)4-6-7;2*1-2-4-5-3-1;/h1-3H3;2*1-5H;/q-2;2*-1;. The van der Waals surface area contributed by atoms with Gasteiger partial charge in [0.1, 0.15) is 0 Å². The van der Waals surface area contributed by atoms with Crippen molar-refractivity contribution in [2.45, 2.75) is 20.8 Å². The van der Waals surface area contributed by atoms with Crippen LogP contribution in [-0.4, -0.2) is 5.80 Å². The summed E-state index contributed by atoms with van der Waals surface area (Å²) >= 11 is 4.66. The molecule has 98 valence electrons. The molecule has 0 heterocycles. The van der Waals surface area contributed by atoms with Crippen molar-refractivity contribution in [2.24, 2.45) is 5.41 Å². The van der Waals surface area contributed by atoms with Gasteiger partial charge in [0, 0.05) is 26.2 Å². The normalized spacial score (nSPS) is 9.56. The number of hydrogen-bond donors (Lipinski definition) is 0. The molecule has 0 nitrogen and oxygen atoms in total. The fraction of sp³-hybridized carbons (Fsp3) is 0.267. The molecule has 0 atom stereocenters. The average molecular weight is 354 g/mol. The van der Waals surface area contributed by atoms with Crippen molar-refractivity contribution >= 4 is 25.5 Å². The van der Waals surface area contributed by atoms with E-state index in [1.807, 2.05) is 60.7 Å². The summed E-state index contributed by atoms with van der Waals surface area (Å²) in [6.07, 6.45) is 0. The van der Waals surface area contributed by atoms with Crippen LogP contribution < -0.4 is 0 Å². The summed E-state index contributed by atoms with van der Waals surface area (Å²) in [6.45, 7) is 6.27. The third-order valence-corrected chi connectivity index (χ3v) is 2.53. The Balaban J connectivity index is 0. The zero-order valence-corrected chi connectivity index (χ0v) is 15.3. The maximum absolute atomic E-state index is 4.66. The van der Waals surface area contributed by atoms with Crippen LogP contribution >= 0.6 is 7.41 Å². The van der Waals surface area contributed by atoms with E-state index < -0.39 is 0 Å². The Kier molecular flexibility index (Phi) is 15.4. The second-order valence-electron chi connectivity index (χ2n) is 4.38. The summed E-state index contributed by atoms with van der Waals surface area (Å²) in [5.74, 6) is 3.07. The molecule has 0 aliphatic rings. The van der Waals surface area contributed by atoms with Crippen LogP contribution in [0.3, 0.4) is 0 Å². The molecule has 0 saturated carbocycles. The van der Waals surface area contributed by atoms with E-state index in [0.717, 1.165) is 7.41 Å². The van der Waals surface area contributed by atoms with Gasteiger partial charge in [-0.05, 0) is 0 Å². The molecule has 0 unspecified atom stereocenters. The third-order valence-electron chi connectivity index (χ3n) is 1.49. The summed E-state index contributed by atoms with van der Waals surface area (Å²) in [4.78, 5) is 0. The molecule has 0 fully saturated rings. The molecule has 0 bridgehead atoms. The maximum Gasteiger partial charge on any atom is 0 e. The van der Waals surface area contributed by atoms with E-state index in [4.69, 9.17) is 0 Å². The molecule has 18 heavy (non-hydrogen) atoms. The predicted octanol–water partition coefficient (Wildman–Crippen LogP) is 4.93. The van der Waals surface area contributed by atoms with Crippen molar-refractivity contribution in [1.29, 1.82) is 0 Å². The Hall–Kier alpha value is 0.103.